The van der Waals surface area contributed by atoms with Gasteiger partial charge >= 0.3 is 0 Å². The van der Waals surface area contributed by atoms with Crippen LogP contribution in [0, 0.1) is 12.8 Å². The molecule has 0 spiro atoms. The Morgan fingerprint density at radius 2 is 2.27 bits per heavy atom. The summed E-state index contributed by atoms with van der Waals surface area (Å²) >= 11 is 1.77. The highest BCUT2D eigenvalue weighted by Gasteiger charge is 2.36. The van der Waals surface area contributed by atoms with Crippen LogP contribution in [-0.2, 0) is 6.42 Å². The molecule has 0 saturated heterocycles. The van der Waals surface area contributed by atoms with Crippen LogP contribution in [0.3, 0.4) is 0 Å². The van der Waals surface area contributed by atoms with Crippen molar-refractivity contribution in [3.63, 3.8) is 0 Å². The highest BCUT2D eigenvalue weighted by Crippen LogP contribution is 2.39. The average Bonchev–Trinajstić information content (AvgIpc) is 2.94. The van der Waals surface area contributed by atoms with E-state index < -0.39 is 0 Å². The molecule has 1 heterocycles. The summed E-state index contributed by atoms with van der Waals surface area (Å²) in [5.74, 6) is 0.903. The second-order valence-electron chi connectivity index (χ2n) is 5.03. The van der Waals surface area contributed by atoms with E-state index in [0.29, 0.717) is 5.54 Å². The second-order valence-corrected chi connectivity index (χ2v) is 5.97. The van der Waals surface area contributed by atoms with Crippen LogP contribution in [0.1, 0.15) is 37.3 Å². The first-order chi connectivity index (χ1) is 7.09. The zero-order valence-corrected chi connectivity index (χ0v) is 10.7. The zero-order valence-electron chi connectivity index (χ0n) is 9.84. The first kappa shape index (κ1) is 11.1. The second kappa shape index (κ2) is 4.22. The number of rotatable bonds is 5. The summed E-state index contributed by atoms with van der Waals surface area (Å²) in [6.07, 6.45) is 3.92. The van der Waals surface area contributed by atoms with Crippen molar-refractivity contribution < 1.29 is 0 Å². The number of aromatic nitrogens is 1. The lowest BCUT2D eigenvalue weighted by molar-refractivity contribution is 0.344. The Bertz CT molecular complexity index is 326. The highest BCUT2D eigenvalue weighted by atomic mass is 32.1. The molecule has 0 aromatic carbocycles. The molecule has 1 aliphatic carbocycles. The predicted octanol–water partition coefficient (Wildman–Crippen LogP) is 2.77. The molecule has 0 bridgehead atoms. The largest absolute Gasteiger partial charge is 0.311 e. The molecule has 1 aromatic rings. The molecule has 3 heteroatoms. The Hall–Kier alpha value is -0.410. The van der Waals surface area contributed by atoms with Gasteiger partial charge in [-0.15, -0.1) is 11.3 Å². The summed E-state index contributed by atoms with van der Waals surface area (Å²) in [6, 6.07) is 0. The molecule has 15 heavy (non-hydrogen) atoms. The van der Waals surface area contributed by atoms with E-state index in [1.165, 1.54) is 23.4 Å². The summed E-state index contributed by atoms with van der Waals surface area (Å²) < 4.78 is 0. The molecule has 0 atom stereocenters. The summed E-state index contributed by atoms with van der Waals surface area (Å²) in [5, 5.41) is 3.67. The third-order valence-corrected chi connectivity index (χ3v) is 4.37. The molecule has 1 aromatic heterocycles. The van der Waals surface area contributed by atoms with Crippen molar-refractivity contribution in [3.05, 3.63) is 16.1 Å². The smallest absolute Gasteiger partial charge is 0.0797 e. The topological polar surface area (TPSA) is 24.9 Å². The first-order valence-electron chi connectivity index (χ1n) is 5.73. The van der Waals surface area contributed by atoms with Crippen molar-refractivity contribution >= 4 is 11.3 Å². The molecule has 1 aliphatic rings. The Kier molecular flexibility index (Phi) is 3.12. The molecule has 0 radical (unpaired) electrons. The molecule has 1 N–H and O–H groups in total. The monoisotopic (exact) mass is 224 g/mol. The van der Waals surface area contributed by atoms with Gasteiger partial charge in [0.15, 0.2) is 0 Å². The number of nitrogens with one attached hydrogen (secondary N) is 1. The van der Waals surface area contributed by atoms with Crippen molar-refractivity contribution in [1.82, 2.24) is 10.3 Å². The van der Waals surface area contributed by atoms with Gasteiger partial charge in [0.2, 0.25) is 0 Å². The Morgan fingerprint density at radius 3 is 2.80 bits per heavy atom. The summed E-state index contributed by atoms with van der Waals surface area (Å²) in [5.41, 5.74) is 3.47. The fraction of sp³-hybridized carbons (Fsp3) is 0.750. The van der Waals surface area contributed by atoms with Crippen LogP contribution in [0.2, 0.25) is 0 Å². The normalized spacial score (nSPS) is 17.0. The van der Waals surface area contributed by atoms with Gasteiger partial charge in [-0.05, 0) is 46.0 Å². The van der Waals surface area contributed by atoms with Crippen LogP contribution in [0.25, 0.3) is 0 Å². The van der Waals surface area contributed by atoms with Crippen molar-refractivity contribution in [2.75, 3.05) is 6.54 Å². The lowest BCUT2D eigenvalue weighted by atomic mass is 9.99. The van der Waals surface area contributed by atoms with Gasteiger partial charge in [-0.3, -0.25) is 0 Å². The predicted molar refractivity (Wildman–Crippen MR) is 65.4 cm³/mol. The van der Waals surface area contributed by atoms with E-state index >= 15 is 0 Å². The Morgan fingerprint density at radius 1 is 1.53 bits per heavy atom. The Labute approximate surface area is 96.1 Å². The fourth-order valence-corrected chi connectivity index (χ4v) is 2.79. The van der Waals surface area contributed by atoms with Crippen LogP contribution in [-0.4, -0.2) is 17.1 Å². The van der Waals surface area contributed by atoms with E-state index in [1.54, 1.807) is 11.3 Å². The van der Waals surface area contributed by atoms with E-state index in [9.17, 15) is 0 Å². The fourth-order valence-electron chi connectivity index (χ4n) is 2.01. The van der Waals surface area contributed by atoms with E-state index in [0.717, 1.165) is 18.9 Å². The third kappa shape index (κ3) is 2.79. The minimum Gasteiger partial charge on any atom is -0.311 e. The highest BCUT2D eigenvalue weighted by molar-refractivity contribution is 7.09. The number of thiazole rings is 1. The zero-order chi connectivity index (χ0) is 10.9. The van der Waals surface area contributed by atoms with Gasteiger partial charge < -0.3 is 5.32 Å². The maximum atomic E-state index is 4.27. The number of nitrogens with zero attached hydrogens (tertiary/aromatic N) is 1. The molecule has 84 valence electrons. The van der Waals surface area contributed by atoms with Gasteiger partial charge in [-0.1, -0.05) is 0 Å². The molecule has 2 nitrogen and oxygen atoms in total. The van der Waals surface area contributed by atoms with Crippen LogP contribution < -0.4 is 5.32 Å². The van der Waals surface area contributed by atoms with Gasteiger partial charge in [0.1, 0.15) is 0 Å². The quantitative estimate of drug-likeness (QED) is 0.832. The van der Waals surface area contributed by atoms with Gasteiger partial charge in [0.05, 0.1) is 11.2 Å². The lowest BCUT2D eigenvalue weighted by Gasteiger charge is -2.26. The van der Waals surface area contributed by atoms with E-state index in [-0.39, 0.29) is 0 Å². The van der Waals surface area contributed by atoms with Gasteiger partial charge in [-0.25, -0.2) is 4.98 Å². The van der Waals surface area contributed by atoms with Gasteiger partial charge in [0, 0.05) is 17.0 Å². The maximum absolute atomic E-state index is 4.27. The molecule has 1 saturated carbocycles. The van der Waals surface area contributed by atoms with Crippen molar-refractivity contribution in [1.29, 1.82) is 0 Å². The maximum Gasteiger partial charge on any atom is 0.0797 e. The summed E-state index contributed by atoms with van der Waals surface area (Å²) in [7, 11) is 0. The average molecular weight is 224 g/mol. The van der Waals surface area contributed by atoms with E-state index in [4.69, 9.17) is 0 Å². The van der Waals surface area contributed by atoms with E-state index in [1.807, 2.05) is 5.51 Å². The van der Waals surface area contributed by atoms with Crippen LogP contribution in [0.4, 0.5) is 0 Å². The summed E-state index contributed by atoms with van der Waals surface area (Å²) in [6.45, 7) is 7.82. The van der Waals surface area contributed by atoms with Crippen molar-refractivity contribution in [2.24, 2.45) is 5.92 Å². The lowest BCUT2D eigenvalue weighted by Crippen LogP contribution is -2.42. The standard InChI is InChI=1S/C12H20N2S/c1-9-11(15-8-13-9)6-7-14-12(2,3)10-4-5-10/h8,10,14H,4-7H2,1-3H3. The number of hydrogen-bond acceptors (Lipinski definition) is 3. The van der Waals surface area contributed by atoms with Crippen LogP contribution in [0.5, 0.6) is 0 Å². The van der Waals surface area contributed by atoms with Gasteiger partial charge in [0.25, 0.3) is 0 Å². The van der Waals surface area contributed by atoms with Crippen LogP contribution >= 0.6 is 11.3 Å². The molecular formula is C12H20N2S. The molecular weight excluding hydrogens is 204 g/mol. The molecule has 2 rings (SSSR count). The molecule has 1 fully saturated rings. The molecule has 0 aliphatic heterocycles. The number of hydrogen-bond donors (Lipinski definition) is 1. The molecule has 0 unspecified atom stereocenters. The van der Waals surface area contributed by atoms with Crippen molar-refractivity contribution in [3.8, 4) is 0 Å². The Balaban J connectivity index is 1.77. The minimum absolute atomic E-state index is 0.332. The third-order valence-electron chi connectivity index (χ3n) is 3.38. The van der Waals surface area contributed by atoms with Gasteiger partial charge in [-0.2, -0.15) is 0 Å². The number of aryl methyl sites for hydroxylation is 1. The minimum atomic E-state index is 0.332. The SMILES string of the molecule is Cc1ncsc1CCNC(C)(C)C1CC1. The molecule has 0 amide bonds. The van der Waals surface area contributed by atoms with Crippen molar-refractivity contribution in [2.45, 2.75) is 45.6 Å². The first-order valence-corrected chi connectivity index (χ1v) is 6.61. The van der Waals surface area contributed by atoms with Crippen LogP contribution in [0.15, 0.2) is 5.51 Å². The van der Waals surface area contributed by atoms with E-state index in [2.05, 4.69) is 31.1 Å². The summed E-state index contributed by atoms with van der Waals surface area (Å²) in [4.78, 5) is 5.69.